The van der Waals surface area contributed by atoms with Gasteiger partial charge in [-0.2, -0.15) is 4.68 Å². The molecular weight excluding hydrogens is 264 g/mol. The number of carbonyl (C=O) groups is 1. The number of para-hydroxylation sites is 1. The van der Waals surface area contributed by atoms with E-state index in [1.165, 1.54) is 15.8 Å². The molecule has 1 amide bonds. The van der Waals surface area contributed by atoms with Gasteiger partial charge in [-0.3, -0.25) is 0 Å². The molecule has 0 N–H and O–H groups in total. The van der Waals surface area contributed by atoms with Crippen molar-refractivity contribution in [3.05, 3.63) is 59.7 Å². The van der Waals surface area contributed by atoms with Gasteiger partial charge in [-0.25, -0.2) is 4.79 Å². The molecule has 1 aliphatic heterocycles. The van der Waals surface area contributed by atoms with Crippen LogP contribution in [-0.4, -0.2) is 32.5 Å². The van der Waals surface area contributed by atoms with E-state index in [1.54, 1.807) is 0 Å². The van der Waals surface area contributed by atoms with Gasteiger partial charge >= 0.3 is 6.03 Å². The van der Waals surface area contributed by atoms with Crippen molar-refractivity contribution in [3.63, 3.8) is 0 Å². The number of benzene rings is 2. The molecule has 4 rings (SSSR count). The minimum Gasteiger partial charge on any atom is -0.318 e. The smallest absolute Gasteiger partial charge is 0.318 e. The average molecular weight is 278 g/mol. The lowest BCUT2D eigenvalue weighted by molar-refractivity contribution is 0.191. The van der Waals surface area contributed by atoms with Crippen molar-refractivity contribution in [3.8, 4) is 0 Å². The highest BCUT2D eigenvalue weighted by Crippen LogP contribution is 2.20. The largest absolute Gasteiger partial charge is 0.347 e. The molecule has 0 unspecified atom stereocenters. The molecule has 0 saturated heterocycles. The molecule has 1 aliphatic rings. The summed E-state index contributed by atoms with van der Waals surface area (Å²) in [6.07, 6.45) is 0.883. The zero-order chi connectivity index (χ0) is 14.2. The Bertz CT molecular complexity index is 824. The Morgan fingerprint density at radius 1 is 1.00 bits per heavy atom. The molecule has 0 bridgehead atoms. The number of carbonyl (C=O) groups excluding carboxylic acids is 1. The van der Waals surface area contributed by atoms with Gasteiger partial charge in [-0.15, -0.1) is 5.10 Å². The second-order valence-corrected chi connectivity index (χ2v) is 5.21. The minimum absolute atomic E-state index is 0.113. The van der Waals surface area contributed by atoms with E-state index in [-0.39, 0.29) is 6.03 Å². The van der Waals surface area contributed by atoms with Crippen molar-refractivity contribution in [1.82, 2.24) is 19.9 Å². The predicted molar refractivity (Wildman–Crippen MR) is 78.9 cm³/mol. The Balaban J connectivity index is 1.67. The number of hydrogen-bond acceptors (Lipinski definition) is 3. The van der Waals surface area contributed by atoms with Gasteiger partial charge in [0.25, 0.3) is 0 Å². The summed E-state index contributed by atoms with van der Waals surface area (Å²) < 4.78 is 1.39. The molecule has 0 aliphatic carbocycles. The molecule has 0 spiro atoms. The van der Waals surface area contributed by atoms with Crippen molar-refractivity contribution >= 4 is 17.1 Å². The van der Waals surface area contributed by atoms with Crippen LogP contribution in [-0.2, 0) is 13.0 Å². The first-order chi connectivity index (χ1) is 10.3. The number of nitrogens with zero attached hydrogens (tertiary/aromatic N) is 4. The summed E-state index contributed by atoms with van der Waals surface area (Å²) in [5, 5.41) is 8.05. The Labute approximate surface area is 121 Å². The second kappa shape index (κ2) is 4.70. The van der Waals surface area contributed by atoms with E-state index < -0.39 is 0 Å². The summed E-state index contributed by atoms with van der Waals surface area (Å²) in [7, 11) is 0. The van der Waals surface area contributed by atoms with E-state index in [9.17, 15) is 4.79 Å². The van der Waals surface area contributed by atoms with Crippen LogP contribution in [0.2, 0.25) is 0 Å². The number of rotatable bonds is 0. The Kier molecular flexibility index (Phi) is 2.70. The maximum absolute atomic E-state index is 12.7. The van der Waals surface area contributed by atoms with Crippen LogP contribution >= 0.6 is 0 Å². The highest BCUT2D eigenvalue weighted by molar-refractivity contribution is 5.87. The lowest BCUT2D eigenvalue weighted by Crippen LogP contribution is -2.39. The van der Waals surface area contributed by atoms with Crippen molar-refractivity contribution in [2.45, 2.75) is 13.0 Å². The van der Waals surface area contributed by atoms with Crippen molar-refractivity contribution in [2.75, 3.05) is 6.54 Å². The SMILES string of the molecule is O=C(N1CCc2ccccc2C1)n1nnc2ccccc21. The van der Waals surface area contributed by atoms with Crippen LogP contribution in [0, 0.1) is 0 Å². The Hall–Kier alpha value is -2.69. The van der Waals surface area contributed by atoms with Crippen LogP contribution in [0.4, 0.5) is 4.79 Å². The predicted octanol–water partition coefficient (Wildman–Crippen LogP) is 2.46. The summed E-state index contributed by atoms with van der Waals surface area (Å²) in [5.41, 5.74) is 4.02. The van der Waals surface area contributed by atoms with Gasteiger partial charge in [0.15, 0.2) is 0 Å². The van der Waals surface area contributed by atoms with E-state index in [1.807, 2.05) is 41.3 Å². The summed E-state index contributed by atoms with van der Waals surface area (Å²) in [5.74, 6) is 0. The molecule has 2 heterocycles. The van der Waals surface area contributed by atoms with Gasteiger partial charge in [0.05, 0.1) is 5.52 Å². The number of fused-ring (bicyclic) bond motifs is 2. The van der Waals surface area contributed by atoms with E-state index >= 15 is 0 Å². The van der Waals surface area contributed by atoms with Crippen molar-refractivity contribution in [2.24, 2.45) is 0 Å². The molecule has 3 aromatic rings. The zero-order valence-electron chi connectivity index (χ0n) is 11.4. The Morgan fingerprint density at radius 2 is 1.76 bits per heavy atom. The number of aromatic nitrogens is 3. The van der Waals surface area contributed by atoms with E-state index in [4.69, 9.17) is 0 Å². The molecule has 0 atom stereocenters. The maximum atomic E-state index is 12.7. The molecule has 5 nitrogen and oxygen atoms in total. The highest BCUT2D eigenvalue weighted by atomic mass is 16.2. The fourth-order valence-electron chi connectivity index (χ4n) is 2.80. The molecule has 0 radical (unpaired) electrons. The summed E-state index contributed by atoms with van der Waals surface area (Å²) in [4.78, 5) is 14.5. The second-order valence-electron chi connectivity index (χ2n) is 5.21. The van der Waals surface area contributed by atoms with Gasteiger partial charge < -0.3 is 4.90 Å². The van der Waals surface area contributed by atoms with Gasteiger partial charge in [0.2, 0.25) is 0 Å². The topological polar surface area (TPSA) is 51.0 Å². The maximum Gasteiger partial charge on any atom is 0.347 e. The molecule has 21 heavy (non-hydrogen) atoms. The monoisotopic (exact) mass is 278 g/mol. The van der Waals surface area contributed by atoms with E-state index in [2.05, 4.69) is 22.4 Å². The third-order valence-corrected chi connectivity index (χ3v) is 3.93. The van der Waals surface area contributed by atoms with Gasteiger partial charge in [0, 0.05) is 13.1 Å². The molecule has 0 fully saturated rings. The molecule has 0 saturated carbocycles. The van der Waals surface area contributed by atoms with Gasteiger partial charge in [-0.1, -0.05) is 41.6 Å². The summed E-state index contributed by atoms with van der Waals surface area (Å²) >= 11 is 0. The molecule has 1 aromatic heterocycles. The first kappa shape index (κ1) is 12.1. The normalized spacial score (nSPS) is 14.2. The fourth-order valence-corrected chi connectivity index (χ4v) is 2.80. The quantitative estimate of drug-likeness (QED) is 0.634. The number of amides is 1. The third kappa shape index (κ3) is 1.98. The standard InChI is InChI=1S/C16H14N4O/c21-16(20-15-8-4-3-7-14(15)17-18-20)19-10-9-12-5-1-2-6-13(12)11-19/h1-8H,9-11H2. The molecule has 2 aromatic carbocycles. The van der Waals surface area contributed by atoms with E-state index in [0.717, 1.165) is 17.5 Å². The van der Waals surface area contributed by atoms with Crippen LogP contribution in [0.15, 0.2) is 48.5 Å². The van der Waals surface area contributed by atoms with Crippen molar-refractivity contribution < 1.29 is 4.79 Å². The first-order valence-corrected chi connectivity index (χ1v) is 6.99. The number of hydrogen-bond donors (Lipinski definition) is 0. The van der Waals surface area contributed by atoms with E-state index in [0.29, 0.717) is 13.1 Å². The van der Waals surface area contributed by atoms with Crippen LogP contribution in [0.1, 0.15) is 11.1 Å². The summed E-state index contributed by atoms with van der Waals surface area (Å²) in [6, 6.07) is 15.7. The third-order valence-electron chi connectivity index (χ3n) is 3.93. The zero-order valence-corrected chi connectivity index (χ0v) is 11.4. The lowest BCUT2D eigenvalue weighted by Gasteiger charge is -2.28. The van der Waals surface area contributed by atoms with Crippen LogP contribution in [0.25, 0.3) is 11.0 Å². The first-order valence-electron chi connectivity index (χ1n) is 6.99. The highest BCUT2D eigenvalue weighted by Gasteiger charge is 2.23. The molecule has 104 valence electrons. The Morgan fingerprint density at radius 3 is 2.67 bits per heavy atom. The van der Waals surface area contributed by atoms with Crippen LogP contribution < -0.4 is 0 Å². The van der Waals surface area contributed by atoms with Gasteiger partial charge in [0.1, 0.15) is 5.52 Å². The lowest BCUT2D eigenvalue weighted by atomic mass is 10.0. The minimum atomic E-state index is -0.113. The van der Waals surface area contributed by atoms with Crippen molar-refractivity contribution in [1.29, 1.82) is 0 Å². The van der Waals surface area contributed by atoms with Crippen LogP contribution in [0.5, 0.6) is 0 Å². The van der Waals surface area contributed by atoms with Gasteiger partial charge in [-0.05, 0) is 29.7 Å². The molecular formula is C16H14N4O. The summed E-state index contributed by atoms with van der Waals surface area (Å²) in [6.45, 7) is 1.34. The fraction of sp³-hybridized carbons (Fsp3) is 0.188. The average Bonchev–Trinajstić information content (AvgIpc) is 2.98. The van der Waals surface area contributed by atoms with Crippen LogP contribution in [0.3, 0.4) is 0 Å². The molecule has 5 heteroatoms.